The van der Waals surface area contributed by atoms with E-state index in [4.69, 9.17) is 5.73 Å². The van der Waals surface area contributed by atoms with E-state index in [-0.39, 0.29) is 5.82 Å². The number of aryl methyl sites for hydroxylation is 1. The first-order chi connectivity index (χ1) is 7.09. The Hall–Kier alpha value is -1.39. The molecule has 5 heteroatoms. The van der Waals surface area contributed by atoms with Crippen LogP contribution in [-0.2, 0) is 6.42 Å². The summed E-state index contributed by atoms with van der Waals surface area (Å²) in [5.41, 5.74) is 5.17. The summed E-state index contributed by atoms with van der Waals surface area (Å²) in [6.07, 6.45) is 3.11. The van der Waals surface area contributed by atoms with Crippen molar-refractivity contribution < 1.29 is 4.79 Å². The molecule has 0 aliphatic carbocycles. The summed E-state index contributed by atoms with van der Waals surface area (Å²) in [5.74, 6) is 1.01. The zero-order valence-electron chi connectivity index (χ0n) is 9.10. The van der Waals surface area contributed by atoms with Crippen molar-refractivity contribution in [3.8, 4) is 0 Å². The molecular formula is C10H16N4O. The summed E-state index contributed by atoms with van der Waals surface area (Å²) in [6, 6.07) is 0.356. The average molecular weight is 208 g/mol. The van der Waals surface area contributed by atoms with Gasteiger partial charge in [-0.3, -0.25) is 4.79 Å². The number of amides is 1. The van der Waals surface area contributed by atoms with Crippen molar-refractivity contribution in [3.05, 3.63) is 11.6 Å². The van der Waals surface area contributed by atoms with Gasteiger partial charge in [-0.15, -0.1) is 5.10 Å². The first kappa shape index (κ1) is 10.1. The summed E-state index contributed by atoms with van der Waals surface area (Å²) in [7, 11) is 0. The minimum atomic E-state index is -0.542. The number of nitrogens with two attached hydrogens (primary N) is 1. The highest BCUT2D eigenvalue weighted by Crippen LogP contribution is 2.28. The van der Waals surface area contributed by atoms with Gasteiger partial charge in [0.15, 0.2) is 0 Å². The van der Waals surface area contributed by atoms with Crippen molar-refractivity contribution >= 4 is 5.91 Å². The number of nitrogens with zero attached hydrogens (tertiary/aromatic N) is 3. The van der Waals surface area contributed by atoms with E-state index in [0.29, 0.717) is 12.0 Å². The molecule has 5 nitrogen and oxygen atoms in total. The van der Waals surface area contributed by atoms with E-state index in [9.17, 15) is 4.79 Å². The fourth-order valence-electron chi connectivity index (χ4n) is 2.10. The third kappa shape index (κ3) is 1.73. The molecule has 0 spiro atoms. The predicted molar refractivity (Wildman–Crippen MR) is 55.4 cm³/mol. The predicted octanol–water partition coefficient (Wildman–Crippen LogP) is 0.910. The normalized spacial score (nSPS) is 20.3. The maximum absolute atomic E-state index is 11.0. The van der Waals surface area contributed by atoms with E-state index in [2.05, 4.69) is 23.9 Å². The minimum Gasteiger partial charge on any atom is -0.363 e. The molecule has 0 saturated heterocycles. The van der Waals surface area contributed by atoms with Gasteiger partial charge < -0.3 is 5.73 Å². The Morgan fingerprint density at radius 3 is 2.93 bits per heavy atom. The lowest BCUT2D eigenvalue weighted by Gasteiger charge is -2.26. The summed E-state index contributed by atoms with van der Waals surface area (Å²) in [4.78, 5) is 15.1. The molecule has 1 aromatic heterocycles. The largest absolute Gasteiger partial charge is 0.363 e. The number of fused-ring (bicyclic) bond motifs is 1. The molecule has 1 aliphatic heterocycles. The first-order valence-corrected chi connectivity index (χ1v) is 5.35. The van der Waals surface area contributed by atoms with Gasteiger partial charge in [-0.05, 0) is 18.8 Å². The van der Waals surface area contributed by atoms with Gasteiger partial charge in [0.05, 0.1) is 6.04 Å². The summed E-state index contributed by atoms with van der Waals surface area (Å²) < 4.78 is 1.88. The molecule has 1 amide bonds. The third-order valence-electron chi connectivity index (χ3n) is 2.91. The van der Waals surface area contributed by atoms with Crippen molar-refractivity contribution in [1.29, 1.82) is 0 Å². The van der Waals surface area contributed by atoms with Crippen molar-refractivity contribution in [2.24, 2.45) is 11.7 Å². The zero-order chi connectivity index (χ0) is 11.0. The first-order valence-electron chi connectivity index (χ1n) is 5.35. The van der Waals surface area contributed by atoms with Crippen LogP contribution in [0, 0.1) is 5.92 Å². The fraction of sp³-hybridized carbons (Fsp3) is 0.700. The van der Waals surface area contributed by atoms with Crippen LogP contribution in [0.5, 0.6) is 0 Å². The Kier molecular flexibility index (Phi) is 2.46. The Morgan fingerprint density at radius 1 is 1.60 bits per heavy atom. The van der Waals surface area contributed by atoms with Crippen LogP contribution in [0.25, 0.3) is 0 Å². The van der Waals surface area contributed by atoms with E-state index in [1.54, 1.807) is 0 Å². The van der Waals surface area contributed by atoms with Crippen LogP contribution in [-0.4, -0.2) is 20.7 Å². The lowest BCUT2D eigenvalue weighted by Crippen LogP contribution is -2.23. The van der Waals surface area contributed by atoms with Crippen LogP contribution in [0.15, 0.2) is 0 Å². The zero-order valence-corrected chi connectivity index (χ0v) is 9.10. The topological polar surface area (TPSA) is 73.8 Å². The van der Waals surface area contributed by atoms with Gasteiger partial charge in [-0.25, -0.2) is 9.67 Å². The molecule has 2 rings (SSSR count). The highest BCUT2D eigenvalue weighted by Gasteiger charge is 2.26. The van der Waals surface area contributed by atoms with Gasteiger partial charge >= 0.3 is 0 Å². The molecule has 2 N–H and O–H groups in total. The van der Waals surface area contributed by atoms with E-state index in [0.717, 1.165) is 25.1 Å². The molecule has 0 aromatic carbocycles. The van der Waals surface area contributed by atoms with Gasteiger partial charge in [0.1, 0.15) is 5.82 Å². The minimum absolute atomic E-state index is 0.151. The maximum Gasteiger partial charge on any atom is 0.288 e. The van der Waals surface area contributed by atoms with Gasteiger partial charge in [-0.2, -0.15) is 0 Å². The maximum atomic E-state index is 11.0. The molecule has 1 aromatic rings. The molecule has 0 radical (unpaired) electrons. The molecular weight excluding hydrogens is 192 g/mol. The third-order valence-corrected chi connectivity index (χ3v) is 2.91. The lowest BCUT2D eigenvalue weighted by molar-refractivity contribution is 0.0989. The quantitative estimate of drug-likeness (QED) is 0.785. The molecule has 2 heterocycles. The Labute approximate surface area is 88.7 Å². The second kappa shape index (κ2) is 3.64. The SMILES string of the molecule is CC(C)C1CCCc2nc(C(N)=O)nn21. The highest BCUT2D eigenvalue weighted by atomic mass is 16.1. The number of hydrogen-bond donors (Lipinski definition) is 1. The molecule has 0 saturated carbocycles. The van der Waals surface area contributed by atoms with E-state index < -0.39 is 5.91 Å². The van der Waals surface area contributed by atoms with Gasteiger partial charge in [0.2, 0.25) is 5.82 Å². The average Bonchev–Trinajstić information content (AvgIpc) is 2.60. The van der Waals surface area contributed by atoms with Crippen LogP contribution in [0.1, 0.15) is 49.2 Å². The van der Waals surface area contributed by atoms with E-state index in [1.165, 1.54) is 0 Å². The van der Waals surface area contributed by atoms with Crippen LogP contribution < -0.4 is 5.73 Å². The molecule has 1 atom stereocenters. The number of aromatic nitrogens is 3. The highest BCUT2D eigenvalue weighted by molar-refractivity contribution is 5.88. The van der Waals surface area contributed by atoms with Gasteiger partial charge in [-0.1, -0.05) is 13.8 Å². The molecule has 0 bridgehead atoms. The van der Waals surface area contributed by atoms with Crippen molar-refractivity contribution in [1.82, 2.24) is 14.8 Å². The molecule has 0 fully saturated rings. The monoisotopic (exact) mass is 208 g/mol. The number of rotatable bonds is 2. The van der Waals surface area contributed by atoms with E-state index in [1.807, 2.05) is 4.68 Å². The van der Waals surface area contributed by atoms with Crippen molar-refractivity contribution in [2.75, 3.05) is 0 Å². The number of primary amides is 1. The van der Waals surface area contributed by atoms with Crippen LogP contribution in [0.2, 0.25) is 0 Å². The Morgan fingerprint density at radius 2 is 2.33 bits per heavy atom. The van der Waals surface area contributed by atoms with Gasteiger partial charge in [0, 0.05) is 6.42 Å². The molecule has 1 unspecified atom stereocenters. The summed E-state index contributed by atoms with van der Waals surface area (Å²) in [5, 5.41) is 4.18. The molecule has 1 aliphatic rings. The summed E-state index contributed by atoms with van der Waals surface area (Å²) in [6.45, 7) is 4.32. The second-order valence-electron chi connectivity index (χ2n) is 4.36. The fourth-order valence-corrected chi connectivity index (χ4v) is 2.10. The second-order valence-corrected chi connectivity index (χ2v) is 4.36. The molecule has 15 heavy (non-hydrogen) atoms. The van der Waals surface area contributed by atoms with Crippen LogP contribution >= 0.6 is 0 Å². The smallest absolute Gasteiger partial charge is 0.288 e. The van der Waals surface area contributed by atoms with Gasteiger partial charge in [0.25, 0.3) is 5.91 Å². The lowest BCUT2D eigenvalue weighted by atomic mass is 9.95. The summed E-state index contributed by atoms with van der Waals surface area (Å²) >= 11 is 0. The van der Waals surface area contributed by atoms with E-state index >= 15 is 0 Å². The van der Waals surface area contributed by atoms with Crippen molar-refractivity contribution in [3.63, 3.8) is 0 Å². The number of carbonyl (C=O) groups excluding carboxylic acids is 1. The van der Waals surface area contributed by atoms with Crippen LogP contribution in [0.4, 0.5) is 0 Å². The number of hydrogen-bond acceptors (Lipinski definition) is 3. The standard InChI is InChI=1S/C10H16N4O/c1-6(2)7-4-3-5-8-12-10(9(11)15)13-14(7)8/h6-7H,3-5H2,1-2H3,(H2,11,15). The Bertz CT molecular complexity index is 383. The van der Waals surface area contributed by atoms with Crippen LogP contribution in [0.3, 0.4) is 0 Å². The number of carbonyl (C=O) groups is 1. The Balaban J connectivity index is 2.38. The molecule has 82 valence electrons. The van der Waals surface area contributed by atoms with Crippen molar-refractivity contribution in [2.45, 2.75) is 39.2 Å².